The molecule has 0 bridgehead atoms. The number of rotatable bonds is 4. The Morgan fingerprint density at radius 1 is 1.41 bits per heavy atom. The minimum absolute atomic E-state index is 0.0491. The largest absolute Gasteiger partial charge is 0.353 e. The van der Waals surface area contributed by atoms with Gasteiger partial charge in [0.15, 0.2) is 0 Å². The van der Waals surface area contributed by atoms with E-state index < -0.39 is 0 Å². The molecule has 2 saturated heterocycles. The van der Waals surface area contributed by atoms with Crippen LogP contribution in [-0.4, -0.2) is 62.0 Å². The Morgan fingerprint density at radius 3 is 2.82 bits per heavy atom. The fraction of sp³-hybridized carbons (Fsp3) is 0.818. The van der Waals surface area contributed by atoms with Crippen LogP contribution in [0.4, 0.5) is 0 Å². The van der Waals surface area contributed by atoms with Crippen molar-refractivity contribution in [3.63, 3.8) is 0 Å². The van der Waals surface area contributed by atoms with Crippen LogP contribution in [0.3, 0.4) is 0 Å². The Bertz CT molecular complexity index is 289. The molecule has 6 nitrogen and oxygen atoms in total. The lowest BCUT2D eigenvalue weighted by atomic mass is 10.2. The van der Waals surface area contributed by atoms with Crippen molar-refractivity contribution in [1.82, 2.24) is 20.9 Å². The Hall–Kier alpha value is -1.14. The summed E-state index contributed by atoms with van der Waals surface area (Å²) in [6.07, 6.45) is 1.41. The predicted octanol–water partition coefficient (Wildman–Crippen LogP) is -1.71. The first-order valence-electron chi connectivity index (χ1n) is 6.23. The molecule has 2 aliphatic rings. The molecule has 0 aromatic heterocycles. The van der Waals surface area contributed by atoms with Crippen molar-refractivity contribution in [2.75, 3.05) is 39.3 Å². The molecule has 1 atom stereocenters. The van der Waals surface area contributed by atoms with E-state index in [2.05, 4.69) is 20.9 Å². The second-order valence-corrected chi connectivity index (χ2v) is 4.63. The van der Waals surface area contributed by atoms with Gasteiger partial charge in [0.1, 0.15) is 0 Å². The lowest BCUT2D eigenvalue weighted by Gasteiger charge is -2.26. The second kappa shape index (κ2) is 5.97. The van der Waals surface area contributed by atoms with Crippen molar-refractivity contribution in [2.24, 2.45) is 0 Å². The Morgan fingerprint density at radius 2 is 2.18 bits per heavy atom. The standard InChI is InChI=1S/C11H20N4O2/c16-10-2-1-9(14-10)7-13-11(17)8-15-5-3-12-4-6-15/h9,12H,1-8H2,(H,13,17)(H,14,16). The highest BCUT2D eigenvalue weighted by atomic mass is 16.2. The van der Waals surface area contributed by atoms with E-state index in [0.29, 0.717) is 19.5 Å². The lowest BCUT2D eigenvalue weighted by Crippen LogP contribution is -2.48. The molecule has 96 valence electrons. The molecule has 1 unspecified atom stereocenters. The second-order valence-electron chi connectivity index (χ2n) is 4.63. The van der Waals surface area contributed by atoms with E-state index in [4.69, 9.17) is 0 Å². The third-order valence-corrected chi connectivity index (χ3v) is 3.21. The average Bonchev–Trinajstić information content (AvgIpc) is 2.74. The summed E-state index contributed by atoms with van der Waals surface area (Å²) in [4.78, 5) is 24.8. The van der Waals surface area contributed by atoms with Gasteiger partial charge in [0.25, 0.3) is 0 Å². The first-order valence-corrected chi connectivity index (χ1v) is 6.23. The number of amides is 2. The molecule has 2 rings (SSSR count). The summed E-state index contributed by atoms with van der Waals surface area (Å²) in [5.74, 6) is 0.138. The summed E-state index contributed by atoms with van der Waals surface area (Å²) < 4.78 is 0. The van der Waals surface area contributed by atoms with Gasteiger partial charge in [-0.05, 0) is 6.42 Å². The zero-order chi connectivity index (χ0) is 12.1. The number of nitrogens with one attached hydrogen (secondary N) is 3. The summed E-state index contributed by atoms with van der Waals surface area (Å²) in [5, 5.41) is 8.96. The maximum Gasteiger partial charge on any atom is 0.234 e. The molecule has 0 saturated carbocycles. The van der Waals surface area contributed by atoms with Gasteiger partial charge in [0.2, 0.25) is 11.8 Å². The number of hydrogen-bond donors (Lipinski definition) is 3. The Balaban J connectivity index is 1.61. The van der Waals surface area contributed by atoms with Gasteiger partial charge in [-0.15, -0.1) is 0 Å². The topological polar surface area (TPSA) is 73.5 Å². The quantitative estimate of drug-likeness (QED) is 0.547. The molecule has 0 radical (unpaired) electrons. The zero-order valence-corrected chi connectivity index (χ0v) is 10.00. The number of nitrogens with zero attached hydrogens (tertiary/aromatic N) is 1. The summed E-state index contributed by atoms with van der Waals surface area (Å²) in [6, 6.07) is 0.120. The summed E-state index contributed by atoms with van der Waals surface area (Å²) in [6.45, 7) is 4.76. The van der Waals surface area contributed by atoms with Gasteiger partial charge in [-0.1, -0.05) is 0 Å². The third-order valence-electron chi connectivity index (χ3n) is 3.21. The monoisotopic (exact) mass is 240 g/mol. The Labute approximate surface area is 101 Å². The van der Waals surface area contributed by atoms with Crippen molar-refractivity contribution in [2.45, 2.75) is 18.9 Å². The van der Waals surface area contributed by atoms with E-state index in [9.17, 15) is 9.59 Å². The molecular formula is C11H20N4O2. The molecule has 3 N–H and O–H groups in total. The normalized spacial score (nSPS) is 25.6. The SMILES string of the molecule is O=C(CN1CCNCC1)NCC1CCC(=O)N1. The van der Waals surface area contributed by atoms with Crippen LogP contribution < -0.4 is 16.0 Å². The van der Waals surface area contributed by atoms with Gasteiger partial charge < -0.3 is 16.0 Å². The van der Waals surface area contributed by atoms with Crippen LogP contribution in [0.1, 0.15) is 12.8 Å². The molecule has 0 aliphatic carbocycles. The fourth-order valence-electron chi connectivity index (χ4n) is 2.20. The third kappa shape index (κ3) is 3.98. The van der Waals surface area contributed by atoms with E-state index in [1.54, 1.807) is 0 Å². The highest BCUT2D eigenvalue weighted by Crippen LogP contribution is 2.04. The van der Waals surface area contributed by atoms with Crippen molar-refractivity contribution in [3.8, 4) is 0 Å². The van der Waals surface area contributed by atoms with Crippen LogP contribution in [0, 0.1) is 0 Å². The molecule has 6 heteroatoms. The van der Waals surface area contributed by atoms with E-state index in [1.165, 1.54) is 0 Å². The molecular weight excluding hydrogens is 220 g/mol. The number of carbonyl (C=O) groups is 2. The van der Waals surface area contributed by atoms with Crippen LogP contribution >= 0.6 is 0 Å². The van der Waals surface area contributed by atoms with Crippen LogP contribution in [0.25, 0.3) is 0 Å². The van der Waals surface area contributed by atoms with Crippen LogP contribution in [0.15, 0.2) is 0 Å². The average molecular weight is 240 g/mol. The molecule has 0 spiro atoms. The maximum absolute atomic E-state index is 11.7. The molecule has 0 aromatic rings. The molecule has 0 aromatic carbocycles. The molecule has 17 heavy (non-hydrogen) atoms. The molecule has 2 fully saturated rings. The van der Waals surface area contributed by atoms with Crippen LogP contribution in [0.5, 0.6) is 0 Å². The fourth-order valence-corrected chi connectivity index (χ4v) is 2.20. The van der Waals surface area contributed by atoms with E-state index in [-0.39, 0.29) is 17.9 Å². The summed E-state index contributed by atoms with van der Waals surface area (Å²) in [5.41, 5.74) is 0. The minimum atomic E-state index is 0.0491. The van der Waals surface area contributed by atoms with Gasteiger partial charge >= 0.3 is 0 Å². The van der Waals surface area contributed by atoms with Gasteiger partial charge in [-0.3, -0.25) is 14.5 Å². The molecule has 2 amide bonds. The maximum atomic E-state index is 11.7. The highest BCUT2D eigenvalue weighted by Gasteiger charge is 2.21. The molecule has 2 heterocycles. The van der Waals surface area contributed by atoms with Crippen molar-refractivity contribution < 1.29 is 9.59 Å². The van der Waals surface area contributed by atoms with E-state index in [0.717, 1.165) is 32.6 Å². The van der Waals surface area contributed by atoms with Crippen molar-refractivity contribution in [3.05, 3.63) is 0 Å². The predicted molar refractivity (Wildman–Crippen MR) is 63.5 cm³/mol. The van der Waals surface area contributed by atoms with E-state index in [1.807, 2.05) is 0 Å². The van der Waals surface area contributed by atoms with E-state index >= 15 is 0 Å². The van der Waals surface area contributed by atoms with Gasteiger partial charge in [0.05, 0.1) is 6.54 Å². The highest BCUT2D eigenvalue weighted by molar-refractivity contribution is 5.80. The summed E-state index contributed by atoms with van der Waals surface area (Å²) >= 11 is 0. The number of carbonyl (C=O) groups excluding carboxylic acids is 2. The van der Waals surface area contributed by atoms with Crippen molar-refractivity contribution in [1.29, 1.82) is 0 Å². The Kier molecular flexibility index (Phi) is 4.33. The number of hydrogen-bond acceptors (Lipinski definition) is 4. The van der Waals surface area contributed by atoms with Crippen molar-refractivity contribution >= 4 is 11.8 Å². The van der Waals surface area contributed by atoms with Crippen LogP contribution in [-0.2, 0) is 9.59 Å². The smallest absolute Gasteiger partial charge is 0.234 e. The lowest BCUT2D eigenvalue weighted by molar-refractivity contribution is -0.123. The first-order chi connectivity index (χ1) is 8.24. The van der Waals surface area contributed by atoms with Crippen LogP contribution in [0.2, 0.25) is 0 Å². The molecule has 2 aliphatic heterocycles. The minimum Gasteiger partial charge on any atom is -0.353 e. The zero-order valence-electron chi connectivity index (χ0n) is 10.00. The first kappa shape index (κ1) is 12.3. The summed E-state index contributed by atoms with van der Waals surface area (Å²) in [7, 11) is 0. The number of piperazine rings is 1. The van der Waals surface area contributed by atoms with Gasteiger partial charge in [-0.2, -0.15) is 0 Å². The van der Waals surface area contributed by atoms with Gasteiger partial charge in [-0.25, -0.2) is 0 Å². The van der Waals surface area contributed by atoms with Gasteiger partial charge in [0, 0.05) is 45.2 Å².